The van der Waals surface area contributed by atoms with Crippen molar-refractivity contribution in [2.24, 2.45) is 0 Å². The van der Waals surface area contributed by atoms with Gasteiger partial charge in [-0.05, 0) is 25.5 Å². The van der Waals surface area contributed by atoms with Crippen LogP contribution >= 0.6 is 0 Å². The van der Waals surface area contributed by atoms with Crippen LogP contribution in [-0.4, -0.2) is 37.5 Å². The number of carbonyl (C=O) groups excluding carboxylic acids is 2. The Morgan fingerprint density at radius 3 is 1.85 bits per heavy atom. The second-order valence-corrected chi connectivity index (χ2v) is 6.88. The number of ether oxygens (including phenoxy) is 4. The highest BCUT2D eigenvalue weighted by Gasteiger charge is 2.43. The molecule has 1 aliphatic rings. The Labute approximate surface area is 189 Å². The average molecular weight is 467 g/mol. The molecule has 10 heteroatoms. The zero-order valence-corrected chi connectivity index (χ0v) is 18.4. The van der Waals surface area contributed by atoms with Gasteiger partial charge in [-0.3, -0.25) is 0 Å². The topological polar surface area (TPSA) is 74.3 Å². The number of alkyl halides is 3. The summed E-state index contributed by atoms with van der Waals surface area (Å²) >= 11 is 0. The van der Waals surface area contributed by atoms with Crippen LogP contribution in [0.4, 0.5) is 22.8 Å². The molecule has 1 aromatic rings. The summed E-state index contributed by atoms with van der Waals surface area (Å²) in [6.07, 6.45) is -4.43. The lowest BCUT2D eigenvalue weighted by Gasteiger charge is -2.36. The highest BCUT2D eigenvalue weighted by molar-refractivity contribution is 5.65. The van der Waals surface area contributed by atoms with Gasteiger partial charge in [0.1, 0.15) is 30.6 Å². The second kappa shape index (κ2) is 10.8. The summed E-state index contributed by atoms with van der Waals surface area (Å²) in [4.78, 5) is 25.9. The summed E-state index contributed by atoms with van der Waals surface area (Å²) in [5.74, 6) is -1.78. The van der Waals surface area contributed by atoms with Crippen molar-refractivity contribution in [1.82, 2.24) is 4.90 Å². The van der Waals surface area contributed by atoms with Gasteiger partial charge >= 0.3 is 18.5 Å². The molecule has 1 aromatic carbocycles. The molecule has 0 fully saturated rings. The molecule has 1 heterocycles. The summed E-state index contributed by atoms with van der Waals surface area (Å²) in [5.41, 5.74) is -0.634. The number of nitrogens with zero attached hydrogens (tertiary/aromatic N) is 1. The first-order valence-electron chi connectivity index (χ1n) is 9.75. The number of hydrogen-bond acceptors (Lipinski definition) is 7. The van der Waals surface area contributed by atoms with Gasteiger partial charge in [-0.2, -0.15) is 13.2 Å². The van der Waals surface area contributed by atoms with Gasteiger partial charge in [0.25, 0.3) is 0 Å². The Balaban J connectivity index is 2.67. The smallest absolute Gasteiger partial charge is 0.430 e. The molecule has 0 saturated heterocycles. The van der Waals surface area contributed by atoms with Gasteiger partial charge in [-0.15, -0.1) is 0 Å². The van der Waals surface area contributed by atoms with Crippen LogP contribution in [0.2, 0.25) is 0 Å². The molecule has 0 spiro atoms. The third-order valence-corrected chi connectivity index (χ3v) is 4.85. The van der Waals surface area contributed by atoms with E-state index in [1.807, 2.05) is 0 Å². The number of hydrogen-bond donors (Lipinski definition) is 0. The lowest BCUT2D eigenvalue weighted by Crippen LogP contribution is -2.31. The molecule has 0 unspecified atom stereocenters. The molecule has 33 heavy (non-hydrogen) atoms. The largest absolute Gasteiger partial charge is 0.513 e. The minimum absolute atomic E-state index is 0.170. The van der Waals surface area contributed by atoms with E-state index in [2.05, 4.69) is 13.2 Å². The molecule has 0 amide bonds. The average Bonchev–Trinajstić information content (AvgIpc) is 2.77. The maximum absolute atomic E-state index is 13.9. The Morgan fingerprint density at radius 2 is 1.42 bits per heavy atom. The number of halogens is 3. The Kier molecular flexibility index (Phi) is 8.33. The molecule has 0 N–H and O–H groups in total. The molecule has 178 valence electrons. The molecule has 0 aromatic heterocycles. The SMILES string of the molecule is C=CCOC(=O)OC1=C(C)N(C)C(C)=C(OC(=O)OCC=C)C1c1ccccc1C(F)(F)F. The minimum atomic E-state index is -4.73. The van der Waals surface area contributed by atoms with E-state index in [1.54, 1.807) is 20.9 Å². The maximum atomic E-state index is 13.9. The molecule has 0 radical (unpaired) electrons. The van der Waals surface area contributed by atoms with E-state index in [-0.39, 0.29) is 30.3 Å². The number of allylic oxidation sites excluding steroid dienone is 2. The molecular weight excluding hydrogens is 443 g/mol. The van der Waals surface area contributed by atoms with Crippen molar-refractivity contribution in [3.8, 4) is 0 Å². The fourth-order valence-corrected chi connectivity index (χ4v) is 3.17. The molecule has 1 aliphatic heterocycles. The van der Waals surface area contributed by atoms with Crippen LogP contribution in [0.5, 0.6) is 0 Å². The standard InChI is InChI=1S/C23H24F3NO6/c1-6-12-30-21(28)32-19-14(3)27(5)15(4)20(33-22(29)31-13-7-2)18(19)16-10-8-9-11-17(16)23(24,25)26/h6-11,18H,1-2,12-13H2,3-5H3. The van der Waals surface area contributed by atoms with E-state index in [9.17, 15) is 22.8 Å². The maximum Gasteiger partial charge on any atom is 0.513 e. The fourth-order valence-electron chi connectivity index (χ4n) is 3.17. The van der Waals surface area contributed by atoms with Crippen molar-refractivity contribution in [3.63, 3.8) is 0 Å². The summed E-state index contributed by atoms with van der Waals surface area (Å²) < 4.78 is 61.9. The van der Waals surface area contributed by atoms with E-state index in [0.717, 1.165) is 6.07 Å². The van der Waals surface area contributed by atoms with E-state index in [4.69, 9.17) is 18.9 Å². The van der Waals surface area contributed by atoms with Crippen LogP contribution in [0.15, 0.2) is 72.5 Å². The van der Waals surface area contributed by atoms with E-state index >= 15 is 0 Å². The van der Waals surface area contributed by atoms with Crippen molar-refractivity contribution in [2.75, 3.05) is 20.3 Å². The van der Waals surface area contributed by atoms with Gasteiger partial charge in [0.15, 0.2) is 0 Å². The van der Waals surface area contributed by atoms with Crippen LogP contribution < -0.4 is 0 Å². The van der Waals surface area contributed by atoms with Gasteiger partial charge in [0.2, 0.25) is 0 Å². The molecule has 7 nitrogen and oxygen atoms in total. The third-order valence-electron chi connectivity index (χ3n) is 4.85. The minimum Gasteiger partial charge on any atom is -0.430 e. The number of carbonyl (C=O) groups is 2. The van der Waals surface area contributed by atoms with Crippen molar-refractivity contribution >= 4 is 12.3 Å². The molecule has 2 rings (SSSR count). The zero-order chi connectivity index (χ0) is 24.8. The van der Waals surface area contributed by atoms with E-state index in [1.165, 1.54) is 35.3 Å². The van der Waals surface area contributed by atoms with Crippen LogP contribution in [0.25, 0.3) is 0 Å². The van der Waals surface area contributed by atoms with Gasteiger partial charge in [0, 0.05) is 7.05 Å². The molecule has 0 bridgehead atoms. The van der Waals surface area contributed by atoms with Crippen molar-refractivity contribution in [3.05, 3.63) is 83.6 Å². The first-order chi connectivity index (χ1) is 15.5. The Morgan fingerprint density at radius 1 is 0.970 bits per heavy atom. The third kappa shape index (κ3) is 5.97. The van der Waals surface area contributed by atoms with Gasteiger partial charge in [-0.25, -0.2) is 9.59 Å². The quantitative estimate of drug-likeness (QED) is 0.366. The predicted molar refractivity (Wildman–Crippen MR) is 113 cm³/mol. The molecule has 0 saturated carbocycles. The van der Waals surface area contributed by atoms with Crippen LogP contribution in [0, 0.1) is 0 Å². The monoisotopic (exact) mass is 467 g/mol. The summed E-state index contributed by atoms with van der Waals surface area (Å²) in [6.45, 7) is 9.61. The number of benzene rings is 1. The highest BCUT2D eigenvalue weighted by atomic mass is 19.4. The lowest BCUT2D eigenvalue weighted by molar-refractivity contribution is -0.138. The van der Waals surface area contributed by atoms with Crippen molar-refractivity contribution in [1.29, 1.82) is 0 Å². The van der Waals surface area contributed by atoms with Gasteiger partial charge in [0.05, 0.1) is 17.0 Å². The van der Waals surface area contributed by atoms with Gasteiger partial charge in [-0.1, -0.05) is 43.5 Å². The molecule has 0 atom stereocenters. The molecule has 0 aliphatic carbocycles. The van der Waals surface area contributed by atoms with Crippen LogP contribution in [0.3, 0.4) is 0 Å². The summed E-state index contributed by atoms with van der Waals surface area (Å²) in [6, 6.07) is 4.73. The Hall–Kier alpha value is -3.69. The highest BCUT2D eigenvalue weighted by Crippen LogP contribution is 2.46. The lowest BCUT2D eigenvalue weighted by atomic mass is 9.86. The number of rotatable bonds is 7. The first kappa shape index (κ1) is 25.6. The van der Waals surface area contributed by atoms with Crippen molar-refractivity contribution < 1.29 is 41.7 Å². The second-order valence-electron chi connectivity index (χ2n) is 6.88. The zero-order valence-electron chi connectivity index (χ0n) is 18.4. The fraction of sp³-hybridized carbons (Fsp3) is 0.304. The van der Waals surface area contributed by atoms with Gasteiger partial charge < -0.3 is 23.8 Å². The molecular formula is C23H24F3NO6. The van der Waals surface area contributed by atoms with E-state index < -0.39 is 30.0 Å². The van der Waals surface area contributed by atoms with E-state index in [0.29, 0.717) is 11.4 Å². The normalized spacial score (nSPS) is 14.7. The first-order valence-corrected chi connectivity index (χ1v) is 9.75. The van der Waals surface area contributed by atoms with Crippen LogP contribution in [0.1, 0.15) is 30.9 Å². The van der Waals surface area contributed by atoms with Crippen LogP contribution in [-0.2, 0) is 25.1 Å². The van der Waals surface area contributed by atoms with Crippen molar-refractivity contribution in [2.45, 2.75) is 25.9 Å². The summed E-state index contributed by atoms with van der Waals surface area (Å²) in [5, 5.41) is 0. The predicted octanol–water partition coefficient (Wildman–Crippen LogP) is 5.88. The summed E-state index contributed by atoms with van der Waals surface area (Å²) in [7, 11) is 1.58. The Bertz CT molecular complexity index is 946.